The van der Waals surface area contributed by atoms with Gasteiger partial charge in [0.1, 0.15) is 18.8 Å². The molecule has 6 nitrogen and oxygen atoms in total. The molecule has 0 radical (unpaired) electrons. The molecule has 0 aliphatic carbocycles. The van der Waals surface area contributed by atoms with E-state index >= 15 is 0 Å². The fourth-order valence-electron chi connectivity index (χ4n) is 2.80. The SMILES string of the molecule is CC1(C)OB(c2ccc(Oc3cn(COCC[Si](C)(C)C)cn3)cc2)OC1(C)C. The second-order valence-corrected chi connectivity index (χ2v) is 15.5. The number of imidazole rings is 1. The Morgan fingerprint density at radius 2 is 1.66 bits per heavy atom. The van der Waals surface area contributed by atoms with Crippen molar-refractivity contribution < 1.29 is 18.8 Å². The Hall–Kier alpha value is -1.61. The molecular weight excluding hydrogens is 383 g/mol. The Balaban J connectivity index is 1.52. The zero-order chi connectivity index (χ0) is 21.3. The molecule has 1 aliphatic rings. The fraction of sp³-hybridized carbons (Fsp3) is 0.571. The molecular formula is C21H33BN2O4Si. The van der Waals surface area contributed by atoms with Gasteiger partial charge in [0.05, 0.1) is 17.4 Å². The molecule has 3 rings (SSSR count). The van der Waals surface area contributed by atoms with E-state index in [0.29, 0.717) is 12.6 Å². The lowest BCUT2D eigenvalue weighted by Gasteiger charge is -2.32. The van der Waals surface area contributed by atoms with Gasteiger partial charge in [-0.2, -0.15) is 0 Å². The van der Waals surface area contributed by atoms with E-state index in [1.54, 1.807) is 6.33 Å². The van der Waals surface area contributed by atoms with Crippen LogP contribution in [-0.4, -0.2) is 42.6 Å². The summed E-state index contributed by atoms with van der Waals surface area (Å²) in [6.07, 6.45) is 3.57. The van der Waals surface area contributed by atoms with Crippen molar-refractivity contribution in [3.63, 3.8) is 0 Å². The van der Waals surface area contributed by atoms with Gasteiger partial charge in [-0.15, -0.1) is 0 Å². The van der Waals surface area contributed by atoms with Crippen molar-refractivity contribution in [1.29, 1.82) is 0 Å². The first-order chi connectivity index (χ1) is 13.5. The summed E-state index contributed by atoms with van der Waals surface area (Å²) < 4.78 is 25.7. The van der Waals surface area contributed by atoms with E-state index in [1.165, 1.54) is 0 Å². The fourth-order valence-corrected chi connectivity index (χ4v) is 3.56. The third kappa shape index (κ3) is 5.72. The first-order valence-corrected chi connectivity index (χ1v) is 13.9. The second kappa shape index (κ2) is 8.26. The van der Waals surface area contributed by atoms with Crippen molar-refractivity contribution in [3.05, 3.63) is 36.8 Å². The molecule has 1 aliphatic heterocycles. The molecule has 0 amide bonds. The summed E-state index contributed by atoms with van der Waals surface area (Å²) in [5.41, 5.74) is 0.269. The van der Waals surface area contributed by atoms with Gasteiger partial charge in [0, 0.05) is 14.7 Å². The van der Waals surface area contributed by atoms with Gasteiger partial charge in [0.25, 0.3) is 0 Å². The molecule has 29 heavy (non-hydrogen) atoms. The molecule has 0 unspecified atom stereocenters. The van der Waals surface area contributed by atoms with Crippen molar-refractivity contribution in [2.75, 3.05) is 6.61 Å². The minimum absolute atomic E-state index is 0.350. The van der Waals surface area contributed by atoms with Crippen LogP contribution in [0.2, 0.25) is 25.7 Å². The normalized spacial score (nSPS) is 18.2. The van der Waals surface area contributed by atoms with E-state index in [1.807, 2.05) is 35.0 Å². The topological polar surface area (TPSA) is 54.7 Å². The van der Waals surface area contributed by atoms with Gasteiger partial charge in [0.2, 0.25) is 5.88 Å². The van der Waals surface area contributed by atoms with Gasteiger partial charge in [-0.05, 0) is 51.3 Å². The zero-order valence-corrected chi connectivity index (χ0v) is 19.7. The Bertz CT molecular complexity index is 799. The van der Waals surface area contributed by atoms with Crippen LogP contribution in [0.4, 0.5) is 0 Å². The Morgan fingerprint density at radius 3 is 2.24 bits per heavy atom. The lowest BCUT2D eigenvalue weighted by atomic mass is 9.79. The average Bonchev–Trinajstić information content (AvgIpc) is 3.13. The predicted octanol–water partition coefficient (Wildman–Crippen LogP) is 4.29. The van der Waals surface area contributed by atoms with Gasteiger partial charge >= 0.3 is 7.12 Å². The predicted molar refractivity (Wildman–Crippen MR) is 119 cm³/mol. The van der Waals surface area contributed by atoms with E-state index in [4.69, 9.17) is 18.8 Å². The maximum atomic E-state index is 6.09. The average molecular weight is 416 g/mol. The monoisotopic (exact) mass is 416 g/mol. The van der Waals surface area contributed by atoms with E-state index in [0.717, 1.165) is 23.9 Å². The summed E-state index contributed by atoms with van der Waals surface area (Å²) >= 11 is 0. The summed E-state index contributed by atoms with van der Waals surface area (Å²) in [5, 5.41) is 0. The largest absolute Gasteiger partial charge is 0.494 e. The lowest BCUT2D eigenvalue weighted by Crippen LogP contribution is -2.41. The summed E-state index contributed by atoms with van der Waals surface area (Å²) in [4.78, 5) is 4.30. The molecule has 0 N–H and O–H groups in total. The van der Waals surface area contributed by atoms with Crippen LogP contribution in [0.15, 0.2) is 36.8 Å². The number of rotatable bonds is 8. The van der Waals surface area contributed by atoms with Gasteiger partial charge in [-0.3, -0.25) is 0 Å². The number of aromatic nitrogens is 2. The van der Waals surface area contributed by atoms with E-state index in [-0.39, 0.29) is 18.3 Å². The summed E-state index contributed by atoms with van der Waals surface area (Å²) in [6.45, 7) is 16.5. The molecule has 0 saturated carbocycles. The number of nitrogens with zero attached hydrogens (tertiary/aromatic N) is 2. The lowest BCUT2D eigenvalue weighted by molar-refractivity contribution is 0.00578. The third-order valence-electron chi connectivity index (χ3n) is 5.47. The van der Waals surface area contributed by atoms with Crippen LogP contribution < -0.4 is 10.2 Å². The molecule has 1 fully saturated rings. The van der Waals surface area contributed by atoms with Gasteiger partial charge < -0.3 is 23.3 Å². The molecule has 1 aromatic carbocycles. The highest BCUT2D eigenvalue weighted by Gasteiger charge is 2.51. The highest BCUT2D eigenvalue weighted by molar-refractivity contribution is 6.76. The van der Waals surface area contributed by atoms with E-state index in [9.17, 15) is 0 Å². The van der Waals surface area contributed by atoms with Crippen LogP contribution in [-0.2, 0) is 20.8 Å². The first kappa shape index (κ1) is 22.1. The van der Waals surface area contributed by atoms with Crippen LogP contribution in [0.5, 0.6) is 11.6 Å². The first-order valence-electron chi connectivity index (χ1n) is 10.2. The minimum Gasteiger partial charge on any atom is -0.438 e. The molecule has 158 valence electrons. The molecule has 1 aromatic heterocycles. The maximum Gasteiger partial charge on any atom is 0.494 e. The quantitative estimate of drug-likeness (QED) is 0.475. The molecule has 0 atom stereocenters. The van der Waals surface area contributed by atoms with Crippen LogP contribution in [0.25, 0.3) is 0 Å². The van der Waals surface area contributed by atoms with E-state index in [2.05, 4.69) is 52.3 Å². The van der Waals surface area contributed by atoms with Crippen molar-refractivity contribution in [2.24, 2.45) is 0 Å². The highest BCUT2D eigenvalue weighted by Crippen LogP contribution is 2.36. The highest BCUT2D eigenvalue weighted by atomic mass is 28.3. The van der Waals surface area contributed by atoms with Crippen LogP contribution in [0.3, 0.4) is 0 Å². The Kier molecular flexibility index (Phi) is 6.29. The number of hydrogen-bond acceptors (Lipinski definition) is 5. The smallest absolute Gasteiger partial charge is 0.438 e. The summed E-state index contributed by atoms with van der Waals surface area (Å²) in [6, 6.07) is 8.90. The summed E-state index contributed by atoms with van der Waals surface area (Å²) in [5.74, 6) is 1.26. The van der Waals surface area contributed by atoms with Gasteiger partial charge in [0.15, 0.2) is 0 Å². The number of ether oxygens (including phenoxy) is 2. The second-order valence-electron chi connectivity index (χ2n) is 9.83. The zero-order valence-electron chi connectivity index (χ0n) is 18.7. The molecule has 1 saturated heterocycles. The summed E-state index contributed by atoms with van der Waals surface area (Å²) in [7, 11) is -1.44. The number of hydrogen-bond donors (Lipinski definition) is 0. The maximum absolute atomic E-state index is 6.09. The van der Waals surface area contributed by atoms with Gasteiger partial charge in [-0.25, -0.2) is 4.98 Å². The van der Waals surface area contributed by atoms with Gasteiger partial charge in [-0.1, -0.05) is 31.8 Å². The van der Waals surface area contributed by atoms with E-state index < -0.39 is 8.07 Å². The third-order valence-corrected chi connectivity index (χ3v) is 7.18. The van der Waals surface area contributed by atoms with Crippen molar-refractivity contribution in [3.8, 4) is 11.6 Å². The molecule has 8 heteroatoms. The van der Waals surface area contributed by atoms with Crippen LogP contribution in [0, 0.1) is 0 Å². The molecule has 2 heterocycles. The Labute approximate surface area is 175 Å². The van der Waals surface area contributed by atoms with Crippen molar-refractivity contribution >= 4 is 20.7 Å². The Morgan fingerprint density at radius 1 is 1.03 bits per heavy atom. The minimum atomic E-state index is -1.06. The standard InChI is InChI=1S/C21H33BN2O4Si/c1-20(2)21(3,4)28-22(27-20)17-8-10-18(11-9-17)26-19-14-24(15-23-19)16-25-12-13-29(5,6)7/h8-11,14-15H,12-13,16H2,1-7H3. The molecule has 0 spiro atoms. The molecule has 0 bridgehead atoms. The van der Waals surface area contributed by atoms with Crippen LogP contribution >= 0.6 is 0 Å². The van der Waals surface area contributed by atoms with Crippen molar-refractivity contribution in [1.82, 2.24) is 9.55 Å². The van der Waals surface area contributed by atoms with Crippen molar-refractivity contribution in [2.45, 2.75) is 71.3 Å². The molecule has 2 aromatic rings. The van der Waals surface area contributed by atoms with Crippen LogP contribution in [0.1, 0.15) is 27.7 Å². The number of benzene rings is 1.